The van der Waals surface area contributed by atoms with E-state index < -0.39 is 0 Å². The zero-order chi connectivity index (χ0) is 14.6. The van der Waals surface area contributed by atoms with E-state index in [1.165, 1.54) is 0 Å². The van der Waals surface area contributed by atoms with E-state index >= 15 is 0 Å². The van der Waals surface area contributed by atoms with Crippen LogP contribution in [0.4, 0.5) is 0 Å². The summed E-state index contributed by atoms with van der Waals surface area (Å²) in [6.45, 7) is 2.87. The predicted molar refractivity (Wildman–Crippen MR) is 82.6 cm³/mol. The van der Waals surface area contributed by atoms with E-state index in [4.69, 9.17) is 10.5 Å². The largest absolute Gasteiger partial charge is 0.492 e. The standard InChI is InChI=1S/C15H21BrN2O2/c1-15(10-17,11-6-7-11)18-14(19)8-9-20-13-5-3-2-4-12(13)16/h2-5,11H,6-10,17H2,1H3,(H,18,19). The van der Waals surface area contributed by atoms with Crippen LogP contribution in [0.3, 0.4) is 0 Å². The molecule has 0 radical (unpaired) electrons. The van der Waals surface area contributed by atoms with Crippen molar-refractivity contribution in [2.45, 2.75) is 31.7 Å². The first-order valence-electron chi connectivity index (χ1n) is 6.93. The van der Waals surface area contributed by atoms with Gasteiger partial charge in [0.1, 0.15) is 5.75 Å². The summed E-state index contributed by atoms with van der Waals surface area (Å²) in [5, 5.41) is 3.05. The fourth-order valence-corrected chi connectivity index (χ4v) is 2.64. The Morgan fingerprint density at radius 1 is 1.50 bits per heavy atom. The number of halogens is 1. The Balaban J connectivity index is 1.77. The number of nitrogens with two attached hydrogens (primary N) is 1. The lowest BCUT2D eigenvalue weighted by Crippen LogP contribution is -2.53. The Labute approximate surface area is 128 Å². The molecule has 2 rings (SSSR count). The number of benzene rings is 1. The summed E-state index contributed by atoms with van der Waals surface area (Å²) in [4.78, 5) is 12.0. The van der Waals surface area contributed by atoms with E-state index in [1.807, 2.05) is 31.2 Å². The molecule has 0 heterocycles. The van der Waals surface area contributed by atoms with Crippen LogP contribution >= 0.6 is 15.9 Å². The summed E-state index contributed by atoms with van der Waals surface area (Å²) in [5.41, 5.74) is 5.52. The third kappa shape index (κ3) is 3.96. The van der Waals surface area contributed by atoms with E-state index in [-0.39, 0.29) is 11.4 Å². The average Bonchev–Trinajstić information content (AvgIpc) is 3.25. The van der Waals surface area contributed by atoms with Gasteiger partial charge in [0.15, 0.2) is 0 Å². The Morgan fingerprint density at radius 3 is 2.80 bits per heavy atom. The van der Waals surface area contributed by atoms with Crippen LogP contribution in [0.25, 0.3) is 0 Å². The molecule has 0 spiro atoms. The smallest absolute Gasteiger partial charge is 0.223 e. The number of rotatable bonds is 7. The highest BCUT2D eigenvalue weighted by Gasteiger charge is 2.41. The monoisotopic (exact) mass is 340 g/mol. The zero-order valence-electron chi connectivity index (χ0n) is 11.7. The van der Waals surface area contributed by atoms with Gasteiger partial charge < -0.3 is 15.8 Å². The zero-order valence-corrected chi connectivity index (χ0v) is 13.3. The molecular weight excluding hydrogens is 320 g/mol. The fraction of sp³-hybridized carbons (Fsp3) is 0.533. The molecule has 5 heteroatoms. The summed E-state index contributed by atoms with van der Waals surface area (Å²) >= 11 is 3.41. The Bertz CT molecular complexity index is 477. The third-order valence-electron chi connectivity index (χ3n) is 3.75. The second-order valence-corrected chi connectivity index (χ2v) is 6.33. The first kappa shape index (κ1) is 15.3. The molecule has 1 aromatic rings. The molecule has 1 aliphatic carbocycles. The van der Waals surface area contributed by atoms with E-state index in [1.54, 1.807) is 0 Å². The second-order valence-electron chi connectivity index (χ2n) is 5.47. The van der Waals surface area contributed by atoms with Crippen LogP contribution in [-0.2, 0) is 4.79 Å². The van der Waals surface area contributed by atoms with E-state index in [2.05, 4.69) is 21.2 Å². The molecule has 4 nitrogen and oxygen atoms in total. The van der Waals surface area contributed by atoms with Gasteiger partial charge in [-0.2, -0.15) is 0 Å². The molecule has 20 heavy (non-hydrogen) atoms. The second kappa shape index (κ2) is 6.59. The molecule has 1 aliphatic rings. The van der Waals surface area contributed by atoms with Gasteiger partial charge in [-0.25, -0.2) is 0 Å². The van der Waals surface area contributed by atoms with Crippen LogP contribution in [-0.4, -0.2) is 24.6 Å². The number of nitrogens with one attached hydrogen (secondary N) is 1. The number of para-hydroxylation sites is 1. The summed E-state index contributed by atoms with van der Waals surface area (Å²) in [6, 6.07) is 7.61. The van der Waals surface area contributed by atoms with Crippen molar-refractivity contribution >= 4 is 21.8 Å². The van der Waals surface area contributed by atoms with Gasteiger partial charge in [-0.1, -0.05) is 12.1 Å². The lowest BCUT2D eigenvalue weighted by atomic mass is 9.96. The number of hydrogen-bond acceptors (Lipinski definition) is 3. The maximum Gasteiger partial charge on any atom is 0.223 e. The number of ether oxygens (including phenoxy) is 1. The number of carbonyl (C=O) groups excluding carboxylic acids is 1. The molecule has 1 atom stereocenters. The molecule has 0 saturated heterocycles. The van der Waals surface area contributed by atoms with Gasteiger partial charge in [-0.15, -0.1) is 0 Å². The molecule has 0 aromatic heterocycles. The topological polar surface area (TPSA) is 64.3 Å². The summed E-state index contributed by atoms with van der Waals surface area (Å²) in [6.07, 6.45) is 2.65. The minimum atomic E-state index is -0.260. The number of hydrogen-bond donors (Lipinski definition) is 2. The summed E-state index contributed by atoms with van der Waals surface area (Å²) in [5.74, 6) is 1.28. The quantitative estimate of drug-likeness (QED) is 0.801. The Morgan fingerprint density at radius 2 is 2.20 bits per heavy atom. The molecule has 0 aliphatic heterocycles. The lowest BCUT2D eigenvalue weighted by Gasteiger charge is -2.29. The highest BCUT2D eigenvalue weighted by molar-refractivity contribution is 9.10. The molecule has 1 unspecified atom stereocenters. The van der Waals surface area contributed by atoms with Gasteiger partial charge in [0.25, 0.3) is 0 Å². The van der Waals surface area contributed by atoms with Crippen molar-refractivity contribution < 1.29 is 9.53 Å². The average molecular weight is 341 g/mol. The maximum atomic E-state index is 12.0. The van der Waals surface area contributed by atoms with Gasteiger partial charge in [-0.05, 0) is 53.7 Å². The molecule has 0 bridgehead atoms. The molecular formula is C15H21BrN2O2. The third-order valence-corrected chi connectivity index (χ3v) is 4.41. The van der Waals surface area contributed by atoms with Crippen LogP contribution in [0.5, 0.6) is 5.75 Å². The van der Waals surface area contributed by atoms with Crippen LogP contribution in [0.1, 0.15) is 26.2 Å². The van der Waals surface area contributed by atoms with Gasteiger partial charge in [-0.3, -0.25) is 4.79 Å². The van der Waals surface area contributed by atoms with Gasteiger partial charge in [0, 0.05) is 6.54 Å². The molecule has 1 aromatic carbocycles. The van der Waals surface area contributed by atoms with Crippen LogP contribution in [0.2, 0.25) is 0 Å². The maximum absolute atomic E-state index is 12.0. The van der Waals surface area contributed by atoms with Gasteiger partial charge in [0.2, 0.25) is 5.91 Å². The molecule has 110 valence electrons. The fourth-order valence-electron chi connectivity index (χ4n) is 2.24. The van der Waals surface area contributed by atoms with E-state index in [0.29, 0.717) is 25.5 Å². The van der Waals surface area contributed by atoms with Gasteiger partial charge in [0.05, 0.1) is 23.0 Å². The van der Waals surface area contributed by atoms with Crippen molar-refractivity contribution in [1.29, 1.82) is 0 Å². The summed E-state index contributed by atoms with van der Waals surface area (Å²) in [7, 11) is 0. The normalized spacial score (nSPS) is 17.4. The Kier molecular flexibility index (Phi) is 5.05. The van der Waals surface area contributed by atoms with E-state index in [0.717, 1.165) is 23.1 Å². The minimum Gasteiger partial charge on any atom is -0.492 e. The van der Waals surface area contributed by atoms with Crippen molar-refractivity contribution in [3.63, 3.8) is 0 Å². The van der Waals surface area contributed by atoms with Crippen molar-refractivity contribution in [2.24, 2.45) is 11.7 Å². The number of carbonyl (C=O) groups is 1. The highest BCUT2D eigenvalue weighted by Crippen LogP contribution is 2.38. The van der Waals surface area contributed by atoms with Gasteiger partial charge >= 0.3 is 0 Å². The first-order valence-corrected chi connectivity index (χ1v) is 7.73. The molecule has 3 N–H and O–H groups in total. The van der Waals surface area contributed by atoms with E-state index in [9.17, 15) is 4.79 Å². The predicted octanol–water partition coefficient (Wildman–Crippen LogP) is 2.46. The Hall–Kier alpha value is -1.07. The van der Waals surface area contributed by atoms with Crippen molar-refractivity contribution in [1.82, 2.24) is 5.32 Å². The van der Waals surface area contributed by atoms with Crippen molar-refractivity contribution in [2.75, 3.05) is 13.2 Å². The lowest BCUT2D eigenvalue weighted by molar-refractivity contribution is -0.123. The molecule has 1 fully saturated rings. The number of amides is 1. The summed E-state index contributed by atoms with van der Waals surface area (Å²) < 4.78 is 6.49. The van der Waals surface area contributed by atoms with Crippen molar-refractivity contribution in [3.8, 4) is 5.75 Å². The highest BCUT2D eigenvalue weighted by atomic mass is 79.9. The van der Waals surface area contributed by atoms with Crippen molar-refractivity contribution in [3.05, 3.63) is 28.7 Å². The first-order chi connectivity index (χ1) is 9.55. The minimum absolute atomic E-state index is 0.00287. The van der Waals surface area contributed by atoms with Crippen LogP contribution in [0, 0.1) is 5.92 Å². The SMILES string of the molecule is CC(CN)(NC(=O)CCOc1ccccc1Br)C1CC1. The van der Waals surface area contributed by atoms with Crippen LogP contribution in [0.15, 0.2) is 28.7 Å². The molecule has 1 saturated carbocycles. The molecule has 1 amide bonds. The van der Waals surface area contributed by atoms with Crippen LogP contribution < -0.4 is 15.8 Å².